The van der Waals surface area contributed by atoms with Crippen molar-refractivity contribution in [3.8, 4) is 0 Å². The van der Waals surface area contributed by atoms with Gasteiger partial charge < -0.3 is 0 Å². The molecule has 4 nitrogen and oxygen atoms in total. The summed E-state index contributed by atoms with van der Waals surface area (Å²) in [5.74, 6) is -0.284. The summed E-state index contributed by atoms with van der Waals surface area (Å²) in [6.07, 6.45) is -0.216. The molecule has 0 amide bonds. The first-order valence-electron chi connectivity index (χ1n) is 5.67. The smallest absolute Gasteiger partial charge is 0.268 e. The zero-order chi connectivity index (χ0) is 14.0. The number of benzene rings is 1. The molecule has 18 heavy (non-hydrogen) atoms. The van der Waals surface area contributed by atoms with E-state index in [2.05, 4.69) is 0 Å². The summed E-state index contributed by atoms with van der Waals surface area (Å²) in [6.45, 7) is 5.05. The second-order valence-corrected chi connectivity index (χ2v) is 6.96. The van der Waals surface area contributed by atoms with E-state index in [1.54, 1.807) is 51.1 Å². The van der Waals surface area contributed by atoms with Crippen LogP contribution < -0.4 is 0 Å². The largest absolute Gasteiger partial charge is 0.294 e. The molecule has 0 heterocycles. The molecule has 1 N–H and O–H groups in total. The van der Waals surface area contributed by atoms with E-state index >= 15 is 0 Å². The van der Waals surface area contributed by atoms with Crippen molar-refractivity contribution < 1.29 is 17.8 Å². The third-order valence-electron chi connectivity index (χ3n) is 2.79. The standard InChI is InChI=1S/C13H18O4S/c1-13(2,3)12(18(15,16)17)9-11(14)10-7-5-4-6-8-10/h4-8,12H,9H2,1-3H3,(H,15,16,17). The van der Waals surface area contributed by atoms with Gasteiger partial charge in [-0.3, -0.25) is 9.35 Å². The van der Waals surface area contributed by atoms with Crippen LogP contribution in [0.2, 0.25) is 0 Å². The molecular weight excluding hydrogens is 252 g/mol. The normalized spacial score (nSPS) is 14.2. The average molecular weight is 270 g/mol. The number of Topliss-reactive ketones (excluding diaryl/α,β-unsaturated/α-hetero) is 1. The third kappa shape index (κ3) is 3.92. The molecule has 0 radical (unpaired) electrons. The Hall–Kier alpha value is -1.20. The van der Waals surface area contributed by atoms with E-state index in [0.29, 0.717) is 5.56 Å². The Kier molecular flexibility index (Phi) is 4.29. The Morgan fingerprint density at radius 1 is 1.22 bits per heavy atom. The van der Waals surface area contributed by atoms with Crippen LogP contribution >= 0.6 is 0 Å². The molecule has 0 aliphatic rings. The summed E-state index contributed by atoms with van der Waals surface area (Å²) in [4.78, 5) is 12.0. The van der Waals surface area contributed by atoms with Gasteiger partial charge >= 0.3 is 0 Å². The average Bonchev–Trinajstić information content (AvgIpc) is 2.23. The number of hydrogen-bond donors (Lipinski definition) is 1. The summed E-state index contributed by atoms with van der Waals surface area (Å²) < 4.78 is 31.9. The molecule has 1 aromatic carbocycles. The number of ketones is 1. The summed E-state index contributed by atoms with van der Waals surface area (Å²) in [6, 6.07) is 8.47. The van der Waals surface area contributed by atoms with Crippen LogP contribution in [0, 0.1) is 5.41 Å². The van der Waals surface area contributed by atoms with Gasteiger partial charge in [0.05, 0.1) is 5.25 Å². The minimum Gasteiger partial charge on any atom is -0.294 e. The van der Waals surface area contributed by atoms with Crippen LogP contribution in [-0.4, -0.2) is 24.0 Å². The van der Waals surface area contributed by atoms with Crippen LogP contribution in [0.4, 0.5) is 0 Å². The number of carbonyl (C=O) groups is 1. The summed E-state index contributed by atoms with van der Waals surface area (Å²) >= 11 is 0. The van der Waals surface area contributed by atoms with Gasteiger partial charge in [0.2, 0.25) is 0 Å². The van der Waals surface area contributed by atoms with Crippen molar-refractivity contribution in [2.75, 3.05) is 0 Å². The fourth-order valence-electron chi connectivity index (χ4n) is 1.77. The van der Waals surface area contributed by atoms with Crippen molar-refractivity contribution >= 4 is 15.9 Å². The second-order valence-electron chi connectivity index (χ2n) is 5.36. The maximum Gasteiger partial charge on any atom is 0.268 e. The Morgan fingerprint density at radius 3 is 2.11 bits per heavy atom. The lowest BCUT2D eigenvalue weighted by molar-refractivity contribution is 0.0965. The molecule has 0 aromatic heterocycles. The van der Waals surface area contributed by atoms with Crippen LogP contribution in [0.3, 0.4) is 0 Å². The maximum absolute atomic E-state index is 12.0. The second kappa shape index (κ2) is 5.20. The topological polar surface area (TPSA) is 71.4 Å². The molecule has 0 aliphatic carbocycles. The van der Waals surface area contributed by atoms with E-state index < -0.39 is 20.8 Å². The van der Waals surface area contributed by atoms with Gasteiger partial charge in [-0.15, -0.1) is 0 Å². The summed E-state index contributed by atoms with van der Waals surface area (Å²) in [7, 11) is -4.25. The Bertz CT molecular complexity index is 512. The molecule has 5 heteroatoms. The highest BCUT2D eigenvalue weighted by Crippen LogP contribution is 2.28. The van der Waals surface area contributed by atoms with Gasteiger partial charge in [0, 0.05) is 12.0 Å². The minimum atomic E-state index is -4.25. The van der Waals surface area contributed by atoms with Crippen molar-refractivity contribution in [1.29, 1.82) is 0 Å². The van der Waals surface area contributed by atoms with Gasteiger partial charge in [-0.25, -0.2) is 0 Å². The number of hydrogen-bond acceptors (Lipinski definition) is 3. The van der Waals surface area contributed by atoms with E-state index in [9.17, 15) is 17.8 Å². The molecule has 1 rings (SSSR count). The Balaban J connectivity index is 2.97. The molecule has 0 saturated carbocycles. The van der Waals surface area contributed by atoms with Crippen LogP contribution in [0.25, 0.3) is 0 Å². The lowest BCUT2D eigenvalue weighted by Crippen LogP contribution is -2.36. The van der Waals surface area contributed by atoms with Crippen molar-refractivity contribution in [3.05, 3.63) is 35.9 Å². The summed E-state index contributed by atoms with van der Waals surface area (Å²) in [5.41, 5.74) is -0.242. The van der Waals surface area contributed by atoms with Crippen molar-refractivity contribution in [2.45, 2.75) is 32.4 Å². The third-order valence-corrected chi connectivity index (χ3v) is 4.38. The first-order chi connectivity index (χ1) is 8.12. The van der Waals surface area contributed by atoms with E-state index in [1.165, 1.54) is 0 Å². The number of carbonyl (C=O) groups excluding carboxylic acids is 1. The van der Waals surface area contributed by atoms with Gasteiger partial charge in [-0.1, -0.05) is 51.1 Å². The van der Waals surface area contributed by atoms with Crippen molar-refractivity contribution in [2.24, 2.45) is 5.41 Å². The lowest BCUT2D eigenvalue weighted by atomic mass is 9.88. The van der Waals surface area contributed by atoms with Gasteiger partial charge in [0.25, 0.3) is 10.1 Å². The lowest BCUT2D eigenvalue weighted by Gasteiger charge is -2.27. The molecule has 0 aliphatic heterocycles. The fraction of sp³-hybridized carbons (Fsp3) is 0.462. The molecule has 1 atom stereocenters. The van der Waals surface area contributed by atoms with Crippen LogP contribution in [0.1, 0.15) is 37.6 Å². The van der Waals surface area contributed by atoms with Crippen LogP contribution in [0.5, 0.6) is 0 Å². The molecular formula is C13H18O4S. The quantitative estimate of drug-likeness (QED) is 0.674. The van der Waals surface area contributed by atoms with Crippen molar-refractivity contribution in [1.82, 2.24) is 0 Å². The SMILES string of the molecule is CC(C)(C)C(CC(=O)c1ccccc1)S(=O)(=O)O. The molecule has 1 aromatic rings. The molecule has 0 fully saturated rings. The van der Waals surface area contributed by atoms with Gasteiger partial charge in [-0.05, 0) is 5.41 Å². The molecule has 0 saturated heterocycles. The van der Waals surface area contributed by atoms with Crippen LogP contribution in [-0.2, 0) is 10.1 Å². The van der Waals surface area contributed by atoms with Gasteiger partial charge in [-0.2, -0.15) is 8.42 Å². The molecule has 0 bridgehead atoms. The predicted octanol–water partition coefficient (Wildman–Crippen LogP) is 2.56. The highest BCUT2D eigenvalue weighted by molar-refractivity contribution is 7.86. The summed E-state index contributed by atoms with van der Waals surface area (Å²) in [5, 5.41) is -1.10. The predicted molar refractivity (Wildman–Crippen MR) is 70.2 cm³/mol. The van der Waals surface area contributed by atoms with Crippen molar-refractivity contribution in [3.63, 3.8) is 0 Å². The van der Waals surface area contributed by atoms with E-state index in [-0.39, 0.29) is 12.2 Å². The van der Waals surface area contributed by atoms with E-state index in [1.807, 2.05) is 0 Å². The van der Waals surface area contributed by atoms with E-state index in [0.717, 1.165) is 0 Å². The fourth-order valence-corrected chi connectivity index (χ4v) is 3.02. The van der Waals surface area contributed by atoms with E-state index in [4.69, 9.17) is 0 Å². The van der Waals surface area contributed by atoms with Gasteiger partial charge in [0.1, 0.15) is 0 Å². The Labute approximate surface area is 108 Å². The first-order valence-corrected chi connectivity index (χ1v) is 7.17. The zero-order valence-corrected chi connectivity index (χ0v) is 11.6. The maximum atomic E-state index is 12.0. The van der Waals surface area contributed by atoms with Gasteiger partial charge in [0.15, 0.2) is 5.78 Å². The highest BCUT2D eigenvalue weighted by atomic mass is 32.2. The molecule has 0 spiro atoms. The highest BCUT2D eigenvalue weighted by Gasteiger charge is 2.36. The molecule has 100 valence electrons. The minimum absolute atomic E-state index is 0.216. The first kappa shape index (κ1) is 14.9. The number of rotatable bonds is 4. The monoisotopic (exact) mass is 270 g/mol. The molecule has 1 unspecified atom stereocenters. The Morgan fingerprint density at radius 2 is 1.72 bits per heavy atom. The zero-order valence-electron chi connectivity index (χ0n) is 10.8. The van der Waals surface area contributed by atoms with Crippen LogP contribution in [0.15, 0.2) is 30.3 Å².